The highest BCUT2D eigenvalue weighted by atomic mass is 16.6. The molecule has 6 heteroatoms. The Kier molecular flexibility index (Phi) is 45.7. The highest BCUT2D eigenvalue weighted by Gasteiger charge is 2.19. The maximum absolute atomic E-state index is 12.8. The molecule has 0 aliphatic rings. The maximum atomic E-state index is 12.8. The maximum Gasteiger partial charge on any atom is 0.306 e. The van der Waals surface area contributed by atoms with Gasteiger partial charge in [0.1, 0.15) is 13.2 Å². The summed E-state index contributed by atoms with van der Waals surface area (Å²) >= 11 is 0. The lowest BCUT2D eigenvalue weighted by atomic mass is 10.0. The van der Waals surface area contributed by atoms with Crippen LogP contribution in [0.3, 0.4) is 0 Å². The minimum absolute atomic E-state index is 0.0633. The molecule has 0 saturated carbocycles. The fraction of sp³-hybridized carbons (Fsp3) is 0.944. The molecule has 0 aromatic rings. The van der Waals surface area contributed by atoms with E-state index in [2.05, 4.69) is 34.6 Å². The first kappa shape index (κ1) is 58.4. The standard InChI is InChI=1S/C54H104O6/c1-6-7-8-9-10-11-24-29-34-39-44-52(55)58-47-51(60-54(57)46-41-36-31-26-21-17-16-19-23-28-33-38-43-50(4)5)48-59-53(56)45-40-35-30-25-20-15-13-12-14-18-22-27-32-37-42-49(2)3/h49-51H,6-48H2,1-5H3/t51-/m1/s1. The highest BCUT2D eigenvalue weighted by Crippen LogP contribution is 2.18. The van der Waals surface area contributed by atoms with Crippen molar-refractivity contribution in [1.29, 1.82) is 0 Å². The number of ether oxygens (including phenoxy) is 3. The Bertz CT molecular complexity index is 916. The van der Waals surface area contributed by atoms with E-state index in [1.807, 2.05) is 0 Å². The van der Waals surface area contributed by atoms with Crippen molar-refractivity contribution >= 4 is 17.9 Å². The Hall–Kier alpha value is -1.59. The van der Waals surface area contributed by atoms with Gasteiger partial charge in [-0.1, -0.05) is 259 Å². The van der Waals surface area contributed by atoms with Gasteiger partial charge in [-0.05, 0) is 31.1 Å². The van der Waals surface area contributed by atoms with E-state index in [1.165, 1.54) is 186 Å². The van der Waals surface area contributed by atoms with Crippen molar-refractivity contribution in [3.63, 3.8) is 0 Å². The first-order valence-electron chi connectivity index (χ1n) is 26.7. The lowest BCUT2D eigenvalue weighted by molar-refractivity contribution is -0.167. The molecule has 0 saturated heterocycles. The van der Waals surface area contributed by atoms with Gasteiger partial charge in [0.15, 0.2) is 6.10 Å². The van der Waals surface area contributed by atoms with Crippen LogP contribution in [0.2, 0.25) is 0 Å². The first-order chi connectivity index (χ1) is 29.2. The van der Waals surface area contributed by atoms with Gasteiger partial charge in [-0.25, -0.2) is 0 Å². The Morgan fingerprint density at radius 3 is 0.817 bits per heavy atom. The van der Waals surface area contributed by atoms with Crippen LogP contribution in [0.5, 0.6) is 0 Å². The monoisotopic (exact) mass is 849 g/mol. The molecule has 60 heavy (non-hydrogen) atoms. The van der Waals surface area contributed by atoms with Gasteiger partial charge in [0, 0.05) is 19.3 Å². The van der Waals surface area contributed by atoms with Gasteiger partial charge in [-0.2, -0.15) is 0 Å². The second-order valence-corrected chi connectivity index (χ2v) is 19.5. The number of carbonyl (C=O) groups excluding carboxylic acids is 3. The second kappa shape index (κ2) is 46.9. The largest absolute Gasteiger partial charge is 0.462 e. The fourth-order valence-corrected chi connectivity index (χ4v) is 8.17. The van der Waals surface area contributed by atoms with Crippen LogP contribution in [0.15, 0.2) is 0 Å². The topological polar surface area (TPSA) is 78.9 Å². The zero-order chi connectivity index (χ0) is 44.0. The minimum atomic E-state index is -0.761. The second-order valence-electron chi connectivity index (χ2n) is 19.5. The molecule has 0 heterocycles. The van der Waals surface area contributed by atoms with Gasteiger partial charge in [0.05, 0.1) is 0 Å². The average molecular weight is 849 g/mol. The molecule has 6 nitrogen and oxygen atoms in total. The fourth-order valence-electron chi connectivity index (χ4n) is 8.17. The van der Waals surface area contributed by atoms with Gasteiger partial charge < -0.3 is 14.2 Å². The lowest BCUT2D eigenvalue weighted by Gasteiger charge is -2.18. The summed E-state index contributed by atoms with van der Waals surface area (Å²) in [5.74, 6) is 0.830. The van der Waals surface area contributed by atoms with Crippen molar-refractivity contribution in [2.24, 2.45) is 11.8 Å². The van der Waals surface area contributed by atoms with Gasteiger partial charge >= 0.3 is 17.9 Å². The van der Waals surface area contributed by atoms with Crippen LogP contribution in [0, 0.1) is 11.8 Å². The molecule has 0 aliphatic carbocycles. The number of rotatable bonds is 48. The van der Waals surface area contributed by atoms with E-state index < -0.39 is 6.10 Å². The van der Waals surface area contributed by atoms with Crippen LogP contribution >= 0.6 is 0 Å². The predicted molar refractivity (Wildman–Crippen MR) is 256 cm³/mol. The summed E-state index contributed by atoms with van der Waals surface area (Å²) in [7, 11) is 0. The van der Waals surface area contributed by atoms with E-state index in [4.69, 9.17) is 14.2 Å². The molecule has 0 fully saturated rings. The summed E-state index contributed by atoms with van der Waals surface area (Å²) in [5.41, 5.74) is 0. The van der Waals surface area contributed by atoms with E-state index in [0.29, 0.717) is 19.3 Å². The van der Waals surface area contributed by atoms with E-state index in [1.54, 1.807) is 0 Å². The summed E-state index contributed by atoms with van der Waals surface area (Å²) in [6.45, 7) is 11.4. The third-order valence-electron chi connectivity index (χ3n) is 12.2. The number of carbonyl (C=O) groups is 3. The van der Waals surface area contributed by atoms with Gasteiger partial charge in [0.2, 0.25) is 0 Å². The highest BCUT2D eigenvalue weighted by molar-refractivity contribution is 5.71. The van der Waals surface area contributed by atoms with Crippen LogP contribution in [0.25, 0.3) is 0 Å². The molecule has 0 amide bonds. The SMILES string of the molecule is CCCCCCCCCCCCC(=O)OC[C@H](COC(=O)CCCCCCCCCCCCCCCCC(C)C)OC(=O)CCCCCCCCCCCCCCC(C)C. The molecule has 356 valence electrons. The molecule has 0 rings (SSSR count). The average Bonchev–Trinajstić information content (AvgIpc) is 3.22. The smallest absolute Gasteiger partial charge is 0.306 e. The van der Waals surface area contributed by atoms with Crippen LogP contribution in [-0.2, 0) is 28.6 Å². The molecule has 0 unspecified atom stereocenters. The van der Waals surface area contributed by atoms with Gasteiger partial charge in [-0.3, -0.25) is 14.4 Å². The Balaban J connectivity index is 4.27. The number of hydrogen-bond acceptors (Lipinski definition) is 6. The van der Waals surface area contributed by atoms with Crippen molar-refractivity contribution in [1.82, 2.24) is 0 Å². The zero-order valence-corrected chi connectivity index (χ0v) is 41.1. The van der Waals surface area contributed by atoms with Gasteiger partial charge in [-0.15, -0.1) is 0 Å². The summed E-state index contributed by atoms with van der Waals surface area (Å²) in [4.78, 5) is 37.9. The Morgan fingerprint density at radius 2 is 0.550 bits per heavy atom. The number of esters is 3. The van der Waals surface area contributed by atoms with E-state index >= 15 is 0 Å². The number of unbranched alkanes of at least 4 members (excludes halogenated alkanes) is 33. The van der Waals surface area contributed by atoms with Crippen LogP contribution in [0.1, 0.15) is 298 Å². The molecule has 0 spiro atoms. The first-order valence-corrected chi connectivity index (χ1v) is 26.7. The summed E-state index contributed by atoms with van der Waals surface area (Å²) in [6, 6.07) is 0. The van der Waals surface area contributed by atoms with Crippen molar-refractivity contribution in [2.75, 3.05) is 13.2 Å². The lowest BCUT2D eigenvalue weighted by Crippen LogP contribution is -2.30. The molecule has 0 aromatic carbocycles. The molecule has 0 aliphatic heterocycles. The van der Waals surface area contributed by atoms with Crippen molar-refractivity contribution in [3.8, 4) is 0 Å². The third-order valence-corrected chi connectivity index (χ3v) is 12.2. The molecular weight excluding hydrogens is 745 g/mol. The molecule has 0 N–H and O–H groups in total. The van der Waals surface area contributed by atoms with E-state index in [9.17, 15) is 14.4 Å². The third kappa shape index (κ3) is 47.5. The quantitative estimate of drug-likeness (QED) is 0.0345. The summed E-state index contributed by atoms with van der Waals surface area (Å²) in [6.07, 6.45) is 48.0. The zero-order valence-electron chi connectivity index (χ0n) is 41.1. The van der Waals surface area contributed by atoms with Crippen molar-refractivity contribution in [3.05, 3.63) is 0 Å². The molecule has 0 aromatic heterocycles. The van der Waals surface area contributed by atoms with Crippen molar-refractivity contribution in [2.45, 2.75) is 304 Å². The summed E-state index contributed by atoms with van der Waals surface area (Å²) in [5, 5.41) is 0. The molecule has 1 atom stereocenters. The summed E-state index contributed by atoms with van der Waals surface area (Å²) < 4.78 is 16.8. The van der Waals surface area contributed by atoms with Crippen LogP contribution < -0.4 is 0 Å². The van der Waals surface area contributed by atoms with Crippen LogP contribution in [-0.4, -0.2) is 37.2 Å². The molecular formula is C54H104O6. The van der Waals surface area contributed by atoms with E-state index in [0.717, 1.165) is 69.6 Å². The predicted octanol–water partition coefficient (Wildman–Crippen LogP) is 17.3. The normalized spacial score (nSPS) is 12.1. The van der Waals surface area contributed by atoms with E-state index in [-0.39, 0.29) is 31.1 Å². The van der Waals surface area contributed by atoms with Gasteiger partial charge in [0.25, 0.3) is 0 Å². The Labute approximate surface area is 374 Å². The van der Waals surface area contributed by atoms with Crippen molar-refractivity contribution < 1.29 is 28.6 Å². The molecule has 0 bridgehead atoms. The Morgan fingerprint density at radius 1 is 0.317 bits per heavy atom. The molecule has 0 radical (unpaired) electrons. The van der Waals surface area contributed by atoms with Crippen LogP contribution in [0.4, 0.5) is 0 Å². The minimum Gasteiger partial charge on any atom is -0.462 e. The number of hydrogen-bond donors (Lipinski definition) is 0.